The molecule has 0 radical (unpaired) electrons. The number of anilines is 1. The average Bonchev–Trinajstić information content (AvgIpc) is 2.86. The van der Waals surface area contributed by atoms with Crippen molar-refractivity contribution in [1.29, 1.82) is 0 Å². The maximum absolute atomic E-state index is 13.1. The molecule has 13 heteroatoms. The molecule has 2 atom stereocenters. The number of unbranched alkanes of at least 4 members (excludes halogenated alkanes) is 1. The van der Waals surface area contributed by atoms with Crippen LogP contribution in [-0.4, -0.2) is 81.7 Å². The maximum atomic E-state index is 13.1. The average molecular weight is 538 g/mol. The van der Waals surface area contributed by atoms with Crippen molar-refractivity contribution < 1.29 is 38.2 Å². The van der Waals surface area contributed by atoms with Gasteiger partial charge in [0.25, 0.3) is 0 Å². The van der Waals surface area contributed by atoms with Crippen molar-refractivity contribution in [3.63, 3.8) is 0 Å². The van der Waals surface area contributed by atoms with Gasteiger partial charge in [-0.1, -0.05) is 0 Å². The van der Waals surface area contributed by atoms with Crippen LogP contribution in [0.15, 0.2) is 18.2 Å². The Balaban J connectivity index is 2.99. The number of rotatable bonds is 17. The van der Waals surface area contributed by atoms with Crippen molar-refractivity contribution in [1.82, 2.24) is 16.0 Å². The summed E-state index contributed by atoms with van der Waals surface area (Å²) in [5.74, 6) is -1.99. The lowest BCUT2D eigenvalue weighted by Gasteiger charge is -2.21. The summed E-state index contributed by atoms with van der Waals surface area (Å²) in [6, 6.07) is 2.67. The minimum atomic E-state index is -0.926. The Morgan fingerprint density at radius 3 is 2.32 bits per heavy atom. The summed E-state index contributed by atoms with van der Waals surface area (Å²) >= 11 is 0. The van der Waals surface area contributed by atoms with Crippen molar-refractivity contribution in [2.45, 2.75) is 52.1 Å². The van der Waals surface area contributed by atoms with E-state index < -0.39 is 29.9 Å². The van der Waals surface area contributed by atoms with E-state index in [0.29, 0.717) is 38.2 Å². The lowest BCUT2D eigenvalue weighted by Crippen LogP contribution is -2.51. The van der Waals surface area contributed by atoms with Gasteiger partial charge in [0.1, 0.15) is 30.0 Å². The molecule has 4 amide bonds. The maximum Gasteiger partial charge on any atom is 0.341 e. The molecule has 0 aromatic heterocycles. The van der Waals surface area contributed by atoms with Gasteiger partial charge in [-0.25, -0.2) is 4.79 Å². The molecule has 0 saturated heterocycles. The number of ether oxygens (including phenoxy) is 3. The fraction of sp³-hybridized carbons (Fsp3) is 0.560. The summed E-state index contributed by atoms with van der Waals surface area (Å²) in [5, 5.41) is 10.6. The van der Waals surface area contributed by atoms with E-state index in [4.69, 9.17) is 19.9 Å². The van der Waals surface area contributed by atoms with Gasteiger partial charge in [-0.05, 0) is 38.3 Å². The molecule has 13 nitrogen and oxygen atoms in total. The Morgan fingerprint density at radius 1 is 0.947 bits per heavy atom. The van der Waals surface area contributed by atoms with Crippen molar-refractivity contribution >= 4 is 35.3 Å². The molecule has 0 aliphatic rings. The summed E-state index contributed by atoms with van der Waals surface area (Å²) in [4.78, 5) is 60.2. The molecule has 0 unspecified atom stereocenters. The van der Waals surface area contributed by atoms with Gasteiger partial charge < -0.3 is 41.2 Å². The van der Waals surface area contributed by atoms with E-state index in [9.17, 15) is 24.0 Å². The standard InChI is InChI=1S/C25H39N5O8/c1-16(28-18(3)32)23(33)30-21(7-5-6-11-27-17(2)31)24(34)29-19-8-9-20(25(35)36-4)22(15-19)38-14-13-37-12-10-26/h8-9,15-16,21H,5-7,10-14,26H2,1-4H3,(H,27,31)(H,28,32)(H,29,34)(H,30,33)/t16-,21-/m0/s1. The number of esters is 1. The first-order chi connectivity index (χ1) is 18.1. The quantitative estimate of drug-likeness (QED) is 0.135. The predicted octanol–water partition coefficient (Wildman–Crippen LogP) is 0.0816. The lowest BCUT2D eigenvalue weighted by molar-refractivity contribution is -0.130. The van der Waals surface area contributed by atoms with E-state index in [1.165, 1.54) is 46.1 Å². The minimum Gasteiger partial charge on any atom is -0.490 e. The smallest absolute Gasteiger partial charge is 0.341 e. The molecule has 0 heterocycles. The number of carbonyl (C=O) groups excluding carboxylic acids is 5. The molecule has 38 heavy (non-hydrogen) atoms. The highest BCUT2D eigenvalue weighted by Gasteiger charge is 2.24. The normalized spacial score (nSPS) is 12.0. The van der Waals surface area contributed by atoms with Gasteiger partial charge in [-0.2, -0.15) is 0 Å². The molecule has 1 aromatic rings. The molecule has 1 aromatic carbocycles. The minimum absolute atomic E-state index is 0.134. The highest BCUT2D eigenvalue weighted by molar-refractivity contribution is 5.99. The third-order valence-electron chi connectivity index (χ3n) is 5.14. The first-order valence-corrected chi connectivity index (χ1v) is 12.3. The highest BCUT2D eigenvalue weighted by Crippen LogP contribution is 2.25. The number of hydrogen-bond donors (Lipinski definition) is 5. The Morgan fingerprint density at radius 2 is 1.68 bits per heavy atom. The number of benzene rings is 1. The Kier molecular flexibility index (Phi) is 15.0. The van der Waals surface area contributed by atoms with E-state index in [1.54, 1.807) is 0 Å². The Hall–Kier alpha value is -3.71. The largest absolute Gasteiger partial charge is 0.490 e. The monoisotopic (exact) mass is 537 g/mol. The van der Waals surface area contributed by atoms with Crippen molar-refractivity contribution in [2.75, 3.05) is 45.3 Å². The topological polar surface area (TPSA) is 187 Å². The van der Waals surface area contributed by atoms with Crippen LogP contribution in [0.25, 0.3) is 0 Å². The van der Waals surface area contributed by atoms with Gasteiger partial charge in [0.15, 0.2) is 0 Å². The summed E-state index contributed by atoms with van der Waals surface area (Å²) in [6.07, 6.45) is 1.41. The number of hydrogen-bond acceptors (Lipinski definition) is 9. The van der Waals surface area contributed by atoms with Crippen LogP contribution in [0.5, 0.6) is 5.75 Å². The third kappa shape index (κ3) is 12.5. The van der Waals surface area contributed by atoms with Crippen molar-refractivity contribution in [2.24, 2.45) is 5.73 Å². The number of nitrogens with one attached hydrogen (secondary N) is 4. The lowest BCUT2D eigenvalue weighted by atomic mass is 10.1. The fourth-order valence-electron chi connectivity index (χ4n) is 3.30. The molecule has 0 aliphatic heterocycles. The zero-order valence-corrected chi connectivity index (χ0v) is 22.4. The molecule has 0 saturated carbocycles. The fourth-order valence-corrected chi connectivity index (χ4v) is 3.30. The second-order valence-electron chi connectivity index (χ2n) is 8.40. The van der Waals surface area contributed by atoms with Crippen LogP contribution in [-0.2, 0) is 28.7 Å². The first-order valence-electron chi connectivity index (χ1n) is 12.3. The van der Waals surface area contributed by atoms with E-state index >= 15 is 0 Å². The van der Waals surface area contributed by atoms with Gasteiger partial charge in [0.05, 0.1) is 20.3 Å². The molecule has 6 N–H and O–H groups in total. The van der Waals surface area contributed by atoms with E-state index in [1.807, 2.05) is 0 Å². The van der Waals surface area contributed by atoms with Crippen molar-refractivity contribution in [3.8, 4) is 5.75 Å². The molecule has 0 spiro atoms. The Labute approximate surface area is 222 Å². The van der Waals surface area contributed by atoms with Crippen molar-refractivity contribution in [3.05, 3.63) is 23.8 Å². The van der Waals surface area contributed by atoms with Crippen LogP contribution in [0, 0.1) is 0 Å². The summed E-state index contributed by atoms with van der Waals surface area (Å²) < 4.78 is 15.7. The number of methoxy groups -OCH3 is 1. The molecule has 212 valence electrons. The van der Waals surface area contributed by atoms with Crippen LogP contribution in [0.4, 0.5) is 5.69 Å². The number of nitrogens with two attached hydrogens (primary N) is 1. The van der Waals surface area contributed by atoms with Crippen LogP contribution in [0.1, 0.15) is 50.4 Å². The van der Waals surface area contributed by atoms with Gasteiger partial charge in [-0.15, -0.1) is 0 Å². The van der Waals surface area contributed by atoms with E-state index in [2.05, 4.69) is 21.3 Å². The van der Waals surface area contributed by atoms with Gasteiger partial charge in [-0.3, -0.25) is 19.2 Å². The molecule has 0 aliphatic carbocycles. The van der Waals surface area contributed by atoms with E-state index in [-0.39, 0.29) is 42.8 Å². The second kappa shape index (κ2) is 17.7. The first kappa shape index (κ1) is 32.3. The Bertz CT molecular complexity index is 956. The summed E-state index contributed by atoms with van der Waals surface area (Å²) in [6.45, 7) is 5.75. The van der Waals surface area contributed by atoms with Crippen LogP contribution in [0.3, 0.4) is 0 Å². The molecular formula is C25H39N5O8. The molecule has 0 fully saturated rings. The van der Waals surface area contributed by atoms with Crippen LogP contribution in [0.2, 0.25) is 0 Å². The van der Waals surface area contributed by atoms with Gasteiger partial charge >= 0.3 is 5.97 Å². The molecule has 1 rings (SSSR count). The van der Waals surface area contributed by atoms with Crippen LogP contribution < -0.4 is 31.7 Å². The molecular weight excluding hydrogens is 498 g/mol. The zero-order chi connectivity index (χ0) is 28.5. The summed E-state index contributed by atoms with van der Waals surface area (Å²) in [5.41, 5.74) is 5.88. The van der Waals surface area contributed by atoms with Crippen LogP contribution >= 0.6 is 0 Å². The highest BCUT2D eigenvalue weighted by atomic mass is 16.5. The second-order valence-corrected chi connectivity index (χ2v) is 8.40. The van der Waals surface area contributed by atoms with Gasteiger partial charge in [0, 0.05) is 38.7 Å². The number of carbonyl (C=O) groups is 5. The summed E-state index contributed by atoms with van der Waals surface area (Å²) in [7, 11) is 1.24. The predicted molar refractivity (Wildman–Crippen MR) is 140 cm³/mol. The number of amides is 4. The van der Waals surface area contributed by atoms with E-state index in [0.717, 1.165) is 0 Å². The third-order valence-corrected chi connectivity index (χ3v) is 5.14. The molecule has 0 bridgehead atoms. The SMILES string of the molecule is COC(=O)c1ccc(NC(=O)[C@H](CCCCNC(C)=O)NC(=O)[C@H](C)NC(C)=O)cc1OCCOCCN. The zero-order valence-electron chi connectivity index (χ0n) is 22.4. The van der Waals surface area contributed by atoms with Gasteiger partial charge in [0.2, 0.25) is 23.6 Å².